The highest BCUT2D eigenvalue weighted by atomic mass is 16.5. The second kappa shape index (κ2) is 9.03. The summed E-state index contributed by atoms with van der Waals surface area (Å²) in [7, 11) is 1.75. The molecule has 0 aromatic heterocycles. The van der Waals surface area contributed by atoms with Gasteiger partial charge in [0.15, 0.2) is 0 Å². The molecule has 1 aromatic rings. The largest absolute Gasteiger partial charge is 0.496 e. The first-order chi connectivity index (χ1) is 10.3. The summed E-state index contributed by atoms with van der Waals surface area (Å²) in [5, 5.41) is 0. The van der Waals surface area contributed by atoms with E-state index in [1.807, 2.05) is 12.1 Å². The molecule has 0 aliphatic carbocycles. The maximum Gasteiger partial charge on any atom is 0.123 e. The molecular weight excluding hydrogens is 262 g/mol. The average molecular weight is 291 g/mol. The van der Waals surface area contributed by atoms with Gasteiger partial charge in [-0.15, -0.1) is 0 Å². The second-order valence-electron chi connectivity index (χ2n) is 5.78. The van der Waals surface area contributed by atoms with Crippen LogP contribution in [0.3, 0.4) is 0 Å². The Morgan fingerprint density at radius 2 is 1.71 bits per heavy atom. The van der Waals surface area contributed by atoms with Crippen LogP contribution in [-0.2, 0) is 6.54 Å². The number of nitrogens with zero attached hydrogens (tertiary/aromatic N) is 2. The molecule has 4 heteroatoms. The van der Waals surface area contributed by atoms with Crippen LogP contribution in [0.2, 0.25) is 0 Å². The van der Waals surface area contributed by atoms with Crippen molar-refractivity contribution in [3.05, 3.63) is 29.8 Å². The Labute approximate surface area is 128 Å². The zero-order valence-electron chi connectivity index (χ0n) is 13.3. The van der Waals surface area contributed by atoms with E-state index >= 15 is 0 Å². The molecule has 21 heavy (non-hydrogen) atoms. The zero-order chi connectivity index (χ0) is 14.9. The van der Waals surface area contributed by atoms with Crippen LogP contribution in [0.1, 0.15) is 24.8 Å². The van der Waals surface area contributed by atoms with Crippen molar-refractivity contribution in [2.24, 2.45) is 5.73 Å². The highest BCUT2D eigenvalue weighted by Crippen LogP contribution is 2.19. The Morgan fingerprint density at radius 3 is 2.43 bits per heavy atom. The van der Waals surface area contributed by atoms with Crippen molar-refractivity contribution in [2.75, 3.05) is 46.4 Å². The molecule has 1 fully saturated rings. The quantitative estimate of drug-likeness (QED) is 0.743. The Balaban J connectivity index is 1.71. The molecule has 0 bridgehead atoms. The summed E-state index contributed by atoms with van der Waals surface area (Å²) in [6.45, 7) is 7.69. The molecule has 0 radical (unpaired) electrons. The number of unbranched alkanes of at least 4 members (excludes halogenated alkanes) is 2. The number of methoxy groups -OCH3 is 1. The first-order valence-electron chi connectivity index (χ1n) is 8.10. The van der Waals surface area contributed by atoms with Crippen LogP contribution in [0.15, 0.2) is 24.3 Å². The Hall–Kier alpha value is -1.10. The van der Waals surface area contributed by atoms with Gasteiger partial charge in [-0.05, 0) is 32.0 Å². The fraction of sp³-hybridized carbons (Fsp3) is 0.647. The number of hydrogen-bond acceptors (Lipinski definition) is 4. The SMILES string of the molecule is COc1ccccc1CN1CCN(CCCCCN)CC1. The monoisotopic (exact) mass is 291 g/mol. The van der Waals surface area contributed by atoms with E-state index in [4.69, 9.17) is 10.5 Å². The minimum Gasteiger partial charge on any atom is -0.496 e. The molecule has 0 atom stereocenters. The van der Waals surface area contributed by atoms with Crippen molar-refractivity contribution >= 4 is 0 Å². The minimum absolute atomic E-state index is 0.826. The van der Waals surface area contributed by atoms with E-state index < -0.39 is 0 Å². The highest BCUT2D eigenvalue weighted by molar-refractivity contribution is 5.33. The van der Waals surface area contributed by atoms with E-state index in [1.54, 1.807) is 7.11 Å². The number of ether oxygens (including phenoxy) is 1. The molecule has 1 aromatic carbocycles. The summed E-state index contributed by atoms with van der Waals surface area (Å²) < 4.78 is 5.44. The first-order valence-corrected chi connectivity index (χ1v) is 8.10. The fourth-order valence-corrected chi connectivity index (χ4v) is 2.90. The van der Waals surface area contributed by atoms with Gasteiger partial charge in [-0.1, -0.05) is 24.6 Å². The number of hydrogen-bond donors (Lipinski definition) is 1. The second-order valence-corrected chi connectivity index (χ2v) is 5.78. The van der Waals surface area contributed by atoms with Crippen LogP contribution >= 0.6 is 0 Å². The van der Waals surface area contributed by atoms with Gasteiger partial charge in [-0.25, -0.2) is 0 Å². The summed E-state index contributed by atoms with van der Waals surface area (Å²) in [4.78, 5) is 5.10. The Kier molecular flexibility index (Phi) is 7.00. The topological polar surface area (TPSA) is 41.7 Å². The lowest BCUT2D eigenvalue weighted by Crippen LogP contribution is -2.46. The van der Waals surface area contributed by atoms with Gasteiger partial charge in [0.2, 0.25) is 0 Å². The zero-order valence-corrected chi connectivity index (χ0v) is 13.3. The third kappa shape index (κ3) is 5.30. The molecule has 0 amide bonds. The summed E-state index contributed by atoms with van der Waals surface area (Å²) in [5.41, 5.74) is 6.82. The lowest BCUT2D eigenvalue weighted by molar-refractivity contribution is 0.125. The van der Waals surface area contributed by atoms with Gasteiger partial charge in [0.05, 0.1) is 7.11 Å². The number of rotatable bonds is 8. The highest BCUT2D eigenvalue weighted by Gasteiger charge is 2.17. The molecule has 1 saturated heterocycles. The van der Waals surface area contributed by atoms with Crippen LogP contribution in [0.25, 0.3) is 0 Å². The van der Waals surface area contributed by atoms with E-state index in [2.05, 4.69) is 21.9 Å². The summed E-state index contributed by atoms with van der Waals surface area (Å²) >= 11 is 0. The lowest BCUT2D eigenvalue weighted by Gasteiger charge is -2.35. The third-order valence-corrected chi connectivity index (χ3v) is 4.23. The van der Waals surface area contributed by atoms with E-state index in [0.717, 1.165) is 38.3 Å². The van der Waals surface area contributed by atoms with Gasteiger partial charge in [-0.3, -0.25) is 4.90 Å². The number of nitrogens with two attached hydrogens (primary N) is 1. The summed E-state index contributed by atoms with van der Waals surface area (Å²) in [5.74, 6) is 1.00. The molecule has 0 spiro atoms. The first kappa shape index (κ1) is 16.3. The Morgan fingerprint density at radius 1 is 1.00 bits per heavy atom. The molecular formula is C17H29N3O. The van der Waals surface area contributed by atoms with Gasteiger partial charge >= 0.3 is 0 Å². The summed E-state index contributed by atoms with van der Waals surface area (Å²) in [6, 6.07) is 8.33. The average Bonchev–Trinajstić information content (AvgIpc) is 2.54. The van der Waals surface area contributed by atoms with Gasteiger partial charge in [0.1, 0.15) is 5.75 Å². The van der Waals surface area contributed by atoms with Gasteiger partial charge in [-0.2, -0.15) is 0 Å². The molecule has 0 unspecified atom stereocenters. The number of piperazine rings is 1. The van der Waals surface area contributed by atoms with Crippen molar-refractivity contribution in [3.8, 4) is 5.75 Å². The Bertz CT molecular complexity index is 403. The van der Waals surface area contributed by atoms with Crippen LogP contribution in [-0.4, -0.2) is 56.2 Å². The van der Waals surface area contributed by atoms with Crippen LogP contribution in [0.5, 0.6) is 5.75 Å². The maximum atomic E-state index is 5.53. The van der Waals surface area contributed by atoms with E-state index in [-0.39, 0.29) is 0 Å². The molecule has 1 aliphatic rings. The van der Waals surface area contributed by atoms with E-state index in [1.165, 1.54) is 38.0 Å². The van der Waals surface area contributed by atoms with Crippen molar-refractivity contribution in [1.29, 1.82) is 0 Å². The maximum absolute atomic E-state index is 5.53. The fourth-order valence-electron chi connectivity index (χ4n) is 2.90. The lowest BCUT2D eigenvalue weighted by atomic mass is 10.1. The molecule has 118 valence electrons. The van der Waals surface area contributed by atoms with Gasteiger partial charge in [0.25, 0.3) is 0 Å². The predicted octanol–water partition coefficient (Wildman–Crippen LogP) is 1.94. The molecule has 2 N–H and O–H groups in total. The molecule has 2 rings (SSSR count). The van der Waals surface area contributed by atoms with Gasteiger partial charge < -0.3 is 15.4 Å². The normalized spacial score (nSPS) is 17.0. The molecule has 1 aliphatic heterocycles. The number of benzene rings is 1. The van der Waals surface area contributed by atoms with Crippen LogP contribution in [0, 0.1) is 0 Å². The van der Waals surface area contributed by atoms with Gasteiger partial charge in [0, 0.05) is 38.3 Å². The summed E-state index contributed by atoms with van der Waals surface area (Å²) in [6.07, 6.45) is 3.70. The van der Waals surface area contributed by atoms with Crippen molar-refractivity contribution in [1.82, 2.24) is 9.80 Å². The smallest absolute Gasteiger partial charge is 0.123 e. The van der Waals surface area contributed by atoms with Crippen molar-refractivity contribution in [2.45, 2.75) is 25.8 Å². The van der Waals surface area contributed by atoms with E-state index in [0.29, 0.717) is 0 Å². The van der Waals surface area contributed by atoms with Crippen LogP contribution in [0.4, 0.5) is 0 Å². The predicted molar refractivity (Wildman–Crippen MR) is 87.6 cm³/mol. The molecule has 0 saturated carbocycles. The number of para-hydroxylation sites is 1. The molecule has 4 nitrogen and oxygen atoms in total. The van der Waals surface area contributed by atoms with Crippen LogP contribution < -0.4 is 10.5 Å². The third-order valence-electron chi connectivity index (χ3n) is 4.23. The van der Waals surface area contributed by atoms with Crippen molar-refractivity contribution < 1.29 is 4.74 Å². The molecule has 1 heterocycles. The van der Waals surface area contributed by atoms with E-state index in [9.17, 15) is 0 Å². The standard InChI is InChI=1S/C17H29N3O/c1-21-17-8-4-3-7-16(17)15-20-13-11-19(12-14-20)10-6-2-5-9-18/h3-4,7-8H,2,5-6,9-15,18H2,1H3. The minimum atomic E-state index is 0.826. The van der Waals surface area contributed by atoms with Crippen molar-refractivity contribution in [3.63, 3.8) is 0 Å².